The van der Waals surface area contributed by atoms with Crippen LogP contribution in [-0.2, 0) is 16.1 Å². The minimum Gasteiger partial charge on any atom is -0.348 e. The maximum absolute atomic E-state index is 12.4. The van der Waals surface area contributed by atoms with E-state index in [1.807, 2.05) is 37.3 Å². The lowest BCUT2D eigenvalue weighted by Crippen LogP contribution is -2.35. The van der Waals surface area contributed by atoms with Crippen LogP contribution in [0.5, 0.6) is 0 Å². The van der Waals surface area contributed by atoms with Crippen molar-refractivity contribution in [3.8, 4) is 0 Å². The highest BCUT2D eigenvalue weighted by Crippen LogP contribution is 2.11. The summed E-state index contributed by atoms with van der Waals surface area (Å²) in [6, 6.07) is 12.7. The summed E-state index contributed by atoms with van der Waals surface area (Å²) >= 11 is 0. The van der Waals surface area contributed by atoms with E-state index in [-0.39, 0.29) is 30.1 Å². The van der Waals surface area contributed by atoms with Crippen molar-refractivity contribution in [1.82, 2.24) is 9.88 Å². The van der Waals surface area contributed by atoms with Gasteiger partial charge in [0.25, 0.3) is 5.56 Å². The van der Waals surface area contributed by atoms with Crippen molar-refractivity contribution in [3.05, 3.63) is 64.1 Å². The number of hydrogen-bond donors (Lipinski definition) is 2. The highest BCUT2D eigenvalue weighted by Gasteiger charge is 2.13. The van der Waals surface area contributed by atoms with Crippen molar-refractivity contribution >= 4 is 17.5 Å². The largest absolute Gasteiger partial charge is 0.348 e. The molecular formula is C18H21N3O3. The molecule has 0 fully saturated rings. The van der Waals surface area contributed by atoms with Gasteiger partial charge in [0.15, 0.2) is 0 Å². The molecule has 6 heteroatoms. The first-order valence-electron chi connectivity index (χ1n) is 7.71. The van der Waals surface area contributed by atoms with E-state index in [0.717, 1.165) is 5.56 Å². The molecule has 0 bridgehead atoms. The zero-order chi connectivity index (χ0) is 17.7. The molecule has 0 saturated heterocycles. The fraction of sp³-hybridized carbons (Fsp3) is 0.278. The summed E-state index contributed by atoms with van der Waals surface area (Å²) in [5.74, 6) is -0.596. The Bertz CT molecular complexity index is 797. The second-order valence-corrected chi connectivity index (χ2v) is 5.66. The summed E-state index contributed by atoms with van der Waals surface area (Å²) in [7, 11) is 0. The van der Waals surface area contributed by atoms with Crippen LogP contribution in [0.1, 0.15) is 31.1 Å². The lowest BCUT2D eigenvalue weighted by Gasteiger charge is -2.16. The Morgan fingerprint density at radius 2 is 1.79 bits per heavy atom. The lowest BCUT2D eigenvalue weighted by atomic mass is 10.1. The molecule has 2 N–H and O–H groups in total. The van der Waals surface area contributed by atoms with Crippen LogP contribution in [0.4, 0.5) is 5.69 Å². The quantitative estimate of drug-likeness (QED) is 0.881. The average Bonchev–Trinajstić information content (AvgIpc) is 2.54. The molecule has 1 heterocycles. The van der Waals surface area contributed by atoms with Gasteiger partial charge in [0.2, 0.25) is 11.8 Å². The summed E-state index contributed by atoms with van der Waals surface area (Å²) in [4.78, 5) is 35.8. The number of aromatic nitrogens is 1. The molecule has 1 aromatic heterocycles. The van der Waals surface area contributed by atoms with Gasteiger partial charge in [-0.25, -0.2) is 0 Å². The molecule has 1 atom stereocenters. The van der Waals surface area contributed by atoms with Crippen molar-refractivity contribution < 1.29 is 9.59 Å². The van der Waals surface area contributed by atoms with Gasteiger partial charge in [-0.15, -0.1) is 0 Å². The Morgan fingerprint density at radius 3 is 2.42 bits per heavy atom. The van der Waals surface area contributed by atoms with E-state index >= 15 is 0 Å². The number of amides is 2. The molecule has 0 aliphatic heterocycles. The van der Waals surface area contributed by atoms with Crippen LogP contribution in [0.2, 0.25) is 0 Å². The van der Waals surface area contributed by atoms with Gasteiger partial charge in [0, 0.05) is 12.6 Å². The van der Waals surface area contributed by atoms with E-state index in [9.17, 15) is 14.4 Å². The molecule has 6 nitrogen and oxygen atoms in total. The molecule has 0 saturated carbocycles. The van der Waals surface area contributed by atoms with Gasteiger partial charge >= 0.3 is 0 Å². The smallest absolute Gasteiger partial charge is 0.274 e. The van der Waals surface area contributed by atoms with Crippen LogP contribution < -0.4 is 16.2 Å². The molecule has 1 aromatic carbocycles. The molecular weight excluding hydrogens is 306 g/mol. The first-order chi connectivity index (χ1) is 11.4. The zero-order valence-corrected chi connectivity index (χ0v) is 14.0. The Hall–Kier alpha value is -2.89. The third-order valence-electron chi connectivity index (χ3n) is 3.68. The summed E-state index contributed by atoms with van der Waals surface area (Å²) in [5, 5.41) is 5.35. The zero-order valence-electron chi connectivity index (χ0n) is 14.0. The van der Waals surface area contributed by atoms with Gasteiger partial charge in [-0.3, -0.25) is 14.4 Å². The van der Waals surface area contributed by atoms with Gasteiger partial charge < -0.3 is 15.2 Å². The first kappa shape index (κ1) is 17.5. The molecule has 24 heavy (non-hydrogen) atoms. The fourth-order valence-electron chi connectivity index (χ4n) is 2.41. The van der Waals surface area contributed by atoms with E-state index in [1.54, 1.807) is 19.1 Å². The molecule has 2 amide bonds. The average molecular weight is 327 g/mol. The predicted molar refractivity (Wildman–Crippen MR) is 92.7 cm³/mol. The third kappa shape index (κ3) is 4.32. The Labute approximate surface area is 140 Å². The number of rotatable bonds is 5. The minimum atomic E-state index is -0.396. The summed E-state index contributed by atoms with van der Waals surface area (Å²) in [6.45, 7) is 4.86. The number of benzene rings is 1. The van der Waals surface area contributed by atoms with Gasteiger partial charge in [0.05, 0.1) is 6.04 Å². The van der Waals surface area contributed by atoms with Crippen LogP contribution in [0.25, 0.3) is 0 Å². The second-order valence-electron chi connectivity index (χ2n) is 5.66. The number of carbonyl (C=O) groups is 2. The molecule has 0 radical (unpaired) electrons. The number of hydrogen-bond acceptors (Lipinski definition) is 3. The third-order valence-corrected chi connectivity index (χ3v) is 3.68. The minimum absolute atomic E-state index is 0.102. The van der Waals surface area contributed by atoms with Gasteiger partial charge in [-0.05, 0) is 31.5 Å². The van der Waals surface area contributed by atoms with E-state index in [0.29, 0.717) is 5.69 Å². The molecule has 126 valence electrons. The maximum atomic E-state index is 12.4. The number of pyridine rings is 1. The highest BCUT2D eigenvalue weighted by molar-refractivity contribution is 5.88. The summed E-state index contributed by atoms with van der Waals surface area (Å²) in [5.41, 5.74) is 1.41. The summed E-state index contributed by atoms with van der Waals surface area (Å²) in [6.07, 6.45) is 0. The fourth-order valence-corrected chi connectivity index (χ4v) is 2.41. The SMILES string of the molecule is CC(=O)Nc1ccc(C)n(CC(=O)N[C@@H](C)c2ccccc2)c1=O. The molecule has 0 unspecified atom stereocenters. The van der Waals surface area contributed by atoms with Crippen LogP contribution in [0.15, 0.2) is 47.3 Å². The first-order valence-corrected chi connectivity index (χ1v) is 7.71. The van der Waals surface area contributed by atoms with E-state index in [4.69, 9.17) is 0 Å². The lowest BCUT2D eigenvalue weighted by molar-refractivity contribution is -0.122. The molecule has 2 rings (SSSR count). The molecule has 2 aromatic rings. The second kappa shape index (κ2) is 7.59. The number of carbonyl (C=O) groups excluding carboxylic acids is 2. The van der Waals surface area contributed by atoms with Crippen molar-refractivity contribution in [3.63, 3.8) is 0 Å². The van der Waals surface area contributed by atoms with Gasteiger partial charge in [-0.1, -0.05) is 30.3 Å². The Kier molecular flexibility index (Phi) is 5.52. The monoisotopic (exact) mass is 327 g/mol. The molecule has 0 aliphatic carbocycles. The van der Waals surface area contributed by atoms with Gasteiger partial charge in [-0.2, -0.15) is 0 Å². The van der Waals surface area contributed by atoms with Crippen LogP contribution in [0.3, 0.4) is 0 Å². The number of anilines is 1. The van der Waals surface area contributed by atoms with Crippen LogP contribution in [-0.4, -0.2) is 16.4 Å². The van der Waals surface area contributed by atoms with Crippen molar-refractivity contribution in [2.24, 2.45) is 0 Å². The number of nitrogens with one attached hydrogen (secondary N) is 2. The van der Waals surface area contributed by atoms with Crippen molar-refractivity contribution in [2.45, 2.75) is 33.4 Å². The highest BCUT2D eigenvalue weighted by atomic mass is 16.2. The number of aryl methyl sites for hydroxylation is 1. The van der Waals surface area contributed by atoms with E-state index in [1.165, 1.54) is 11.5 Å². The standard InChI is InChI=1S/C18H21N3O3/c1-12-9-10-16(20-14(3)22)18(24)21(12)11-17(23)19-13(2)15-7-5-4-6-8-15/h4-10,13H,11H2,1-3H3,(H,19,23)(H,20,22)/t13-/m0/s1. The summed E-state index contributed by atoms with van der Waals surface area (Å²) < 4.78 is 1.35. The predicted octanol–water partition coefficient (Wildman–Crippen LogP) is 1.99. The van der Waals surface area contributed by atoms with E-state index in [2.05, 4.69) is 10.6 Å². The Morgan fingerprint density at radius 1 is 1.12 bits per heavy atom. The topological polar surface area (TPSA) is 80.2 Å². The molecule has 0 aliphatic rings. The normalized spacial score (nSPS) is 11.6. The molecule has 0 spiro atoms. The van der Waals surface area contributed by atoms with Crippen LogP contribution >= 0.6 is 0 Å². The maximum Gasteiger partial charge on any atom is 0.274 e. The Balaban J connectivity index is 2.14. The van der Waals surface area contributed by atoms with Crippen LogP contribution in [0, 0.1) is 6.92 Å². The van der Waals surface area contributed by atoms with Crippen molar-refractivity contribution in [2.75, 3.05) is 5.32 Å². The van der Waals surface area contributed by atoms with Gasteiger partial charge in [0.1, 0.15) is 12.2 Å². The van der Waals surface area contributed by atoms with E-state index < -0.39 is 5.56 Å². The van der Waals surface area contributed by atoms with Crippen molar-refractivity contribution in [1.29, 1.82) is 0 Å². The number of nitrogens with zero attached hydrogens (tertiary/aromatic N) is 1.